The molecule has 0 bridgehead atoms. The largest absolute Gasteiger partial charge is 0.296 e. The van der Waals surface area contributed by atoms with E-state index in [0.29, 0.717) is 11.0 Å². The Kier molecular flexibility index (Phi) is 3.42. The zero-order valence-corrected chi connectivity index (χ0v) is 13.4. The Morgan fingerprint density at radius 2 is 2.09 bits per heavy atom. The Morgan fingerprint density at radius 3 is 2.83 bits per heavy atom. The minimum atomic E-state index is -0.292. The molecular weight excluding hydrogens is 310 g/mol. The number of aromatic nitrogens is 4. The van der Waals surface area contributed by atoms with Crippen LogP contribution < -0.4 is 5.32 Å². The van der Waals surface area contributed by atoms with E-state index < -0.39 is 0 Å². The Morgan fingerprint density at radius 1 is 1.30 bits per heavy atom. The summed E-state index contributed by atoms with van der Waals surface area (Å²) in [5.41, 5.74) is 3.39. The molecule has 4 rings (SSSR count). The predicted octanol–water partition coefficient (Wildman–Crippen LogP) is 3.16. The number of nitrogens with one attached hydrogen (secondary N) is 1. The van der Waals surface area contributed by atoms with Crippen molar-refractivity contribution < 1.29 is 4.79 Å². The summed E-state index contributed by atoms with van der Waals surface area (Å²) in [5, 5.41) is 13.4. The van der Waals surface area contributed by atoms with Gasteiger partial charge in [-0.05, 0) is 31.9 Å². The smallest absolute Gasteiger partial charge is 0.279 e. The Balaban J connectivity index is 1.48. The molecule has 23 heavy (non-hydrogen) atoms. The molecule has 1 fully saturated rings. The molecule has 0 saturated heterocycles. The maximum atomic E-state index is 12.2. The summed E-state index contributed by atoms with van der Waals surface area (Å²) in [5.74, 6) is 0.291. The highest BCUT2D eigenvalue weighted by molar-refractivity contribution is 7.14. The van der Waals surface area contributed by atoms with Gasteiger partial charge in [-0.25, -0.2) is 9.67 Å². The second-order valence-corrected chi connectivity index (χ2v) is 6.55. The molecule has 1 N–H and O–H groups in total. The molecule has 1 amide bonds. The van der Waals surface area contributed by atoms with Crippen LogP contribution in [0.1, 0.15) is 40.5 Å². The van der Waals surface area contributed by atoms with Gasteiger partial charge in [-0.1, -0.05) is 22.9 Å². The molecule has 3 aromatic rings. The lowest BCUT2D eigenvalue weighted by molar-refractivity contribution is 0.102. The van der Waals surface area contributed by atoms with Gasteiger partial charge in [-0.15, -0.1) is 16.4 Å². The summed E-state index contributed by atoms with van der Waals surface area (Å²) in [6.07, 6.45) is 4.01. The molecule has 1 aromatic carbocycles. The van der Waals surface area contributed by atoms with E-state index in [1.54, 1.807) is 10.9 Å². The number of carbonyl (C=O) groups is 1. The highest BCUT2D eigenvalue weighted by Gasteiger charge is 2.26. The van der Waals surface area contributed by atoms with Crippen LogP contribution in [0.3, 0.4) is 0 Å². The van der Waals surface area contributed by atoms with Crippen LogP contribution in [0.2, 0.25) is 0 Å². The highest BCUT2D eigenvalue weighted by atomic mass is 32.1. The van der Waals surface area contributed by atoms with E-state index in [1.807, 2.05) is 36.6 Å². The van der Waals surface area contributed by atoms with Crippen LogP contribution >= 0.6 is 11.3 Å². The third kappa shape index (κ3) is 3.00. The number of benzene rings is 1. The molecule has 1 aliphatic rings. The number of thiazole rings is 1. The van der Waals surface area contributed by atoms with Crippen molar-refractivity contribution in [3.8, 4) is 5.69 Å². The van der Waals surface area contributed by atoms with Gasteiger partial charge in [0.2, 0.25) is 0 Å². The number of aryl methyl sites for hydroxylation is 1. The fourth-order valence-corrected chi connectivity index (χ4v) is 3.05. The van der Waals surface area contributed by atoms with Crippen LogP contribution in [0, 0.1) is 6.92 Å². The van der Waals surface area contributed by atoms with E-state index in [4.69, 9.17) is 0 Å². The minimum absolute atomic E-state index is 0.272. The van der Waals surface area contributed by atoms with Crippen LogP contribution in [0.15, 0.2) is 35.8 Å². The number of carbonyl (C=O) groups excluding carboxylic acids is 1. The van der Waals surface area contributed by atoms with Gasteiger partial charge in [0, 0.05) is 11.3 Å². The van der Waals surface area contributed by atoms with E-state index in [-0.39, 0.29) is 11.6 Å². The molecule has 1 saturated carbocycles. The van der Waals surface area contributed by atoms with Crippen LogP contribution in [-0.4, -0.2) is 25.9 Å². The Labute approximate surface area is 137 Å². The van der Waals surface area contributed by atoms with E-state index in [0.717, 1.165) is 11.4 Å². The van der Waals surface area contributed by atoms with E-state index in [9.17, 15) is 4.79 Å². The Hall–Kier alpha value is -2.54. The van der Waals surface area contributed by atoms with Gasteiger partial charge in [0.25, 0.3) is 5.91 Å². The average Bonchev–Trinajstić information content (AvgIpc) is 3.10. The van der Waals surface area contributed by atoms with E-state index in [2.05, 4.69) is 20.6 Å². The maximum absolute atomic E-state index is 12.2. The predicted molar refractivity (Wildman–Crippen MR) is 88.1 cm³/mol. The van der Waals surface area contributed by atoms with E-state index >= 15 is 0 Å². The topological polar surface area (TPSA) is 72.7 Å². The second-order valence-electron chi connectivity index (χ2n) is 5.69. The van der Waals surface area contributed by atoms with Gasteiger partial charge >= 0.3 is 0 Å². The summed E-state index contributed by atoms with van der Waals surface area (Å²) in [6.45, 7) is 2.02. The SMILES string of the molecule is Cc1ccc(-n2cc(C(=O)Nc3nc(C4CC4)cs3)nn2)cc1. The van der Waals surface area contributed by atoms with Gasteiger partial charge in [0.05, 0.1) is 17.6 Å². The number of nitrogens with zero attached hydrogens (tertiary/aromatic N) is 4. The molecule has 0 unspecified atom stereocenters. The van der Waals surface area contributed by atoms with Crippen molar-refractivity contribution in [3.05, 3.63) is 52.8 Å². The number of rotatable bonds is 4. The van der Waals surface area contributed by atoms with Crippen molar-refractivity contribution in [1.29, 1.82) is 0 Å². The van der Waals surface area contributed by atoms with Gasteiger partial charge in [0.1, 0.15) is 0 Å². The zero-order valence-electron chi connectivity index (χ0n) is 12.6. The molecule has 1 aliphatic carbocycles. The van der Waals surface area contributed by atoms with Crippen molar-refractivity contribution in [2.45, 2.75) is 25.7 Å². The fraction of sp³-hybridized carbons (Fsp3) is 0.250. The molecule has 116 valence electrons. The molecular formula is C16H15N5OS. The first-order chi connectivity index (χ1) is 11.2. The third-order valence-corrected chi connectivity index (χ3v) is 4.54. The quantitative estimate of drug-likeness (QED) is 0.799. The molecule has 6 nitrogen and oxygen atoms in total. The summed E-state index contributed by atoms with van der Waals surface area (Å²) in [6, 6.07) is 7.86. The summed E-state index contributed by atoms with van der Waals surface area (Å²) in [7, 11) is 0. The first kappa shape index (κ1) is 14.1. The van der Waals surface area contributed by atoms with E-state index in [1.165, 1.54) is 29.7 Å². The second kappa shape index (κ2) is 5.58. The summed E-state index contributed by atoms with van der Waals surface area (Å²) in [4.78, 5) is 16.7. The van der Waals surface area contributed by atoms with Gasteiger partial charge in [-0.3, -0.25) is 10.1 Å². The highest BCUT2D eigenvalue weighted by Crippen LogP contribution is 2.40. The first-order valence-corrected chi connectivity index (χ1v) is 8.33. The lowest BCUT2D eigenvalue weighted by atomic mass is 10.2. The first-order valence-electron chi connectivity index (χ1n) is 7.45. The number of amides is 1. The average molecular weight is 325 g/mol. The molecule has 0 spiro atoms. The molecule has 7 heteroatoms. The van der Waals surface area contributed by atoms with Crippen molar-refractivity contribution in [2.24, 2.45) is 0 Å². The van der Waals surface area contributed by atoms with Gasteiger partial charge in [-0.2, -0.15) is 0 Å². The number of hydrogen-bond donors (Lipinski definition) is 1. The van der Waals surface area contributed by atoms with Gasteiger partial charge in [0.15, 0.2) is 10.8 Å². The molecule has 0 atom stereocenters. The van der Waals surface area contributed by atoms with Crippen molar-refractivity contribution in [2.75, 3.05) is 5.32 Å². The molecule has 0 aliphatic heterocycles. The molecule has 2 heterocycles. The maximum Gasteiger partial charge on any atom is 0.279 e. The monoisotopic (exact) mass is 325 g/mol. The normalized spacial score (nSPS) is 14.0. The minimum Gasteiger partial charge on any atom is -0.296 e. The lowest BCUT2D eigenvalue weighted by Crippen LogP contribution is -2.12. The van der Waals surface area contributed by atoms with Crippen LogP contribution in [0.5, 0.6) is 0 Å². The third-order valence-electron chi connectivity index (χ3n) is 3.76. The molecule has 2 aromatic heterocycles. The van der Waals surface area contributed by atoms with Crippen molar-refractivity contribution in [3.63, 3.8) is 0 Å². The summed E-state index contributed by atoms with van der Waals surface area (Å²) < 4.78 is 1.59. The van der Waals surface area contributed by atoms with Crippen LogP contribution in [-0.2, 0) is 0 Å². The van der Waals surface area contributed by atoms with Crippen LogP contribution in [0.25, 0.3) is 5.69 Å². The standard InChI is InChI=1S/C16H15N5OS/c1-10-2-6-12(7-3-10)21-8-13(19-20-21)15(22)18-16-17-14(9-23-16)11-4-5-11/h2-3,6-9,11H,4-5H2,1H3,(H,17,18,22). The zero-order chi connectivity index (χ0) is 15.8. The van der Waals surface area contributed by atoms with Crippen LogP contribution in [0.4, 0.5) is 5.13 Å². The fourth-order valence-electron chi connectivity index (χ4n) is 2.26. The number of anilines is 1. The number of hydrogen-bond acceptors (Lipinski definition) is 5. The van der Waals surface area contributed by atoms with Crippen molar-refractivity contribution >= 4 is 22.4 Å². The van der Waals surface area contributed by atoms with Crippen molar-refractivity contribution in [1.82, 2.24) is 20.0 Å². The van der Waals surface area contributed by atoms with Gasteiger partial charge < -0.3 is 0 Å². The molecule has 0 radical (unpaired) electrons. The summed E-state index contributed by atoms with van der Waals surface area (Å²) >= 11 is 1.45. The Bertz CT molecular complexity index is 847. The lowest BCUT2D eigenvalue weighted by Gasteiger charge is -1.99.